The number of amides is 3. The Bertz CT molecular complexity index is 1190. The van der Waals surface area contributed by atoms with Crippen molar-refractivity contribution in [3.8, 4) is 0 Å². The van der Waals surface area contributed by atoms with Crippen molar-refractivity contribution in [2.45, 2.75) is 39.1 Å². The predicted octanol–water partition coefficient (Wildman–Crippen LogP) is 0.842. The van der Waals surface area contributed by atoms with E-state index in [0.717, 1.165) is 11.3 Å². The van der Waals surface area contributed by atoms with Gasteiger partial charge in [-0.25, -0.2) is 9.78 Å². The molecule has 2 N–H and O–H groups in total. The van der Waals surface area contributed by atoms with Crippen LogP contribution < -0.4 is 10.6 Å². The van der Waals surface area contributed by atoms with Crippen molar-refractivity contribution in [3.63, 3.8) is 0 Å². The summed E-state index contributed by atoms with van der Waals surface area (Å²) in [4.78, 5) is 72.3. The van der Waals surface area contributed by atoms with Crippen LogP contribution in [0.1, 0.15) is 33.4 Å². The average molecular weight is 584 g/mol. The molecule has 14 nitrogen and oxygen atoms in total. The standard InChI is InChI=1S/C23H29N5O9S2/c1-6-37-27-14(13-9-39-22(25-13)24-10-29)17(30)26-15-18(31)28-16(12(7-34-5)8-38-19(15)28)20(32)35-11-36-21(33)23(2,3)4/h9-10,15,19H,6-8,11H2,1-5H3,(H,26,30)(H,24,25,29)/b27-14-/t15?,19-/m1/s1. The van der Waals surface area contributed by atoms with Crippen LogP contribution in [0.25, 0.3) is 0 Å². The fraction of sp³-hybridized carbons (Fsp3) is 0.522. The molecular formula is C23H29N5O9S2. The van der Waals surface area contributed by atoms with Crippen LogP contribution in [0.2, 0.25) is 0 Å². The molecule has 1 aromatic rings. The van der Waals surface area contributed by atoms with Crippen molar-refractivity contribution in [1.82, 2.24) is 15.2 Å². The van der Waals surface area contributed by atoms with Crippen LogP contribution >= 0.6 is 23.1 Å². The number of carbonyl (C=O) groups is 5. The zero-order chi connectivity index (χ0) is 28.7. The summed E-state index contributed by atoms with van der Waals surface area (Å²) in [7, 11) is 1.45. The number of fused-ring (bicyclic) bond motifs is 1. The second-order valence-electron chi connectivity index (χ2n) is 9.14. The first-order valence-corrected chi connectivity index (χ1v) is 13.6. The Hall–Kier alpha value is -3.50. The highest BCUT2D eigenvalue weighted by molar-refractivity contribution is 8.00. The van der Waals surface area contributed by atoms with Gasteiger partial charge in [-0.15, -0.1) is 23.1 Å². The summed E-state index contributed by atoms with van der Waals surface area (Å²) >= 11 is 2.41. The van der Waals surface area contributed by atoms with E-state index in [2.05, 4.69) is 20.8 Å². The predicted molar refractivity (Wildman–Crippen MR) is 140 cm³/mol. The number of carbonyl (C=O) groups excluding carboxylic acids is 5. The van der Waals surface area contributed by atoms with E-state index in [-0.39, 0.29) is 35.4 Å². The van der Waals surface area contributed by atoms with Crippen LogP contribution in [0.5, 0.6) is 0 Å². The maximum absolute atomic E-state index is 13.2. The lowest BCUT2D eigenvalue weighted by molar-refractivity contribution is -0.173. The van der Waals surface area contributed by atoms with Gasteiger partial charge in [0.05, 0.1) is 12.0 Å². The molecule has 16 heteroatoms. The molecule has 0 aliphatic carbocycles. The van der Waals surface area contributed by atoms with Crippen LogP contribution in [-0.4, -0.2) is 90.0 Å². The monoisotopic (exact) mass is 583 g/mol. The van der Waals surface area contributed by atoms with Crippen LogP contribution in [0.4, 0.5) is 5.13 Å². The quantitative estimate of drug-likeness (QED) is 0.0891. The zero-order valence-corrected chi connectivity index (χ0v) is 23.6. The fourth-order valence-electron chi connectivity index (χ4n) is 3.42. The van der Waals surface area contributed by atoms with Gasteiger partial charge < -0.3 is 29.7 Å². The first-order valence-electron chi connectivity index (χ1n) is 11.7. The summed E-state index contributed by atoms with van der Waals surface area (Å²) in [6.07, 6.45) is 0.451. The van der Waals surface area contributed by atoms with E-state index >= 15 is 0 Å². The second kappa shape index (κ2) is 13.0. The van der Waals surface area contributed by atoms with Crippen molar-refractivity contribution in [2.75, 3.05) is 38.2 Å². The number of methoxy groups -OCH3 is 1. The molecule has 1 fully saturated rings. The van der Waals surface area contributed by atoms with Gasteiger partial charge in [-0.1, -0.05) is 5.16 Å². The maximum Gasteiger partial charge on any atom is 0.358 e. The topological polar surface area (TPSA) is 175 Å². The number of esters is 2. The number of hydrogen-bond donors (Lipinski definition) is 2. The number of anilines is 1. The minimum atomic E-state index is -0.980. The van der Waals surface area contributed by atoms with Crippen molar-refractivity contribution in [3.05, 3.63) is 22.3 Å². The first kappa shape index (κ1) is 30.0. The number of ether oxygens (including phenoxy) is 3. The number of thiazole rings is 1. The molecule has 1 aromatic heterocycles. The molecule has 3 heterocycles. The van der Waals surface area contributed by atoms with E-state index in [1.165, 1.54) is 29.2 Å². The fourth-order valence-corrected chi connectivity index (χ4v) is 5.40. The SMILES string of the molecule is CCO/N=C(\C(=O)NC1C(=O)N2C(C(=O)OCOC(=O)C(C)(C)C)=C(COC)CS[C@H]12)c1csc(NC=O)n1. The number of thioether (sulfide) groups is 1. The normalized spacial score (nSPS) is 19.1. The number of nitrogens with zero attached hydrogens (tertiary/aromatic N) is 3. The van der Waals surface area contributed by atoms with E-state index in [1.54, 1.807) is 27.7 Å². The Morgan fingerprint density at radius 2 is 2.03 bits per heavy atom. The van der Waals surface area contributed by atoms with Crippen LogP contribution in [0.3, 0.4) is 0 Å². The maximum atomic E-state index is 13.2. The highest BCUT2D eigenvalue weighted by atomic mass is 32.2. The summed E-state index contributed by atoms with van der Waals surface area (Å²) in [5.74, 6) is -2.36. The third-order valence-electron chi connectivity index (χ3n) is 5.27. The average Bonchev–Trinajstić information content (AvgIpc) is 3.35. The van der Waals surface area contributed by atoms with Gasteiger partial charge in [-0.3, -0.25) is 24.1 Å². The van der Waals surface area contributed by atoms with Crippen molar-refractivity contribution >= 4 is 64.1 Å². The molecule has 1 unspecified atom stereocenters. The largest absolute Gasteiger partial charge is 0.427 e. The summed E-state index contributed by atoms with van der Waals surface area (Å²) in [5, 5.41) is 10.00. The Kier molecular flexibility index (Phi) is 10.0. The Morgan fingerprint density at radius 1 is 1.28 bits per heavy atom. The molecule has 0 bridgehead atoms. The van der Waals surface area contributed by atoms with E-state index in [0.29, 0.717) is 17.7 Å². The lowest BCUT2D eigenvalue weighted by atomic mass is 9.98. The molecule has 3 rings (SSSR count). The van der Waals surface area contributed by atoms with Crippen molar-refractivity contribution in [2.24, 2.45) is 10.6 Å². The lowest BCUT2D eigenvalue weighted by Crippen LogP contribution is -2.71. The number of hydrogen-bond acceptors (Lipinski definition) is 13. The lowest BCUT2D eigenvalue weighted by Gasteiger charge is -2.49. The van der Waals surface area contributed by atoms with Gasteiger partial charge in [0.25, 0.3) is 11.8 Å². The molecule has 3 amide bonds. The van der Waals surface area contributed by atoms with Crippen LogP contribution in [0.15, 0.2) is 21.8 Å². The van der Waals surface area contributed by atoms with Gasteiger partial charge in [0.1, 0.15) is 29.4 Å². The number of rotatable bonds is 12. The summed E-state index contributed by atoms with van der Waals surface area (Å²) in [5.41, 5.74) is -0.328. The molecule has 1 saturated heterocycles. The van der Waals surface area contributed by atoms with Gasteiger partial charge in [-0.2, -0.15) is 0 Å². The van der Waals surface area contributed by atoms with E-state index in [1.807, 2.05) is 0 Å². The van der Waals surface area contributed by atoms with E-state index in [9.17, 15) is 24.0 Å². The van der Waals surface area contributed by atoms with Crippen molar-refractivity contribution in [1.29, 1.82) is 0 Å². The molecule has 0 spiro atoms. The van der Waals surface area contributed by atoms with Gasteiger partial charge in [0.2, 0.25) is 13.2 Å². The van der Waals surface area contributed by atoms with Gasteiger partial charge in [0, 0.05) is 18.2 Å². The molecule has 0 radical (unpaired) electrons. The second-order valence-corrected chi connectivity index (χ2v) is 11.1. The minimum Gasteiger partial charge on any atom is -0.427 e. The van der Waals surface area contributed by atoms with Gasteiger partial charge in [0.15, 0.2) is 10.8 Å². The number of oxime groups is 1. The highest BCUT2D eigenvalue weighted by Gasteiger charge is 2.54. The number of β-lactam (4-membered cyclic amide) rings is 1. The first-order chi connectivity index (χ1) is 18.5. The molecule has 0 saturated carbocycles. The number of nitrogens with one attached hydrogen (secondary N) is 2. The molecule has 2 aliphatic rings. The highest BCUT2D eigenvalue weighted by Crippen LogP contribution is 2.40. The smallest absolute Gasteiger partial charge is 0.358 e. The molecule has 212 valence electrons. The Morgan fingerprint density at radius 3 is 2.67 bits per heavy atom. The third-order valence-corrected chi connectivity index (χ3v) is 7.38. The summed E-state index contributed by atoms with van der Waals surface area (Å²) in [6, 6.07) is -0.980. The summed E-state index contributed by atoms with van der Waals surface area (Å²) in [6.45, 7) is 6.29. The molecule has 2 atom stereocenters. The van der Waals surface area contributed by atoms with Crippen molar-refractivity contribution < 1.29 is 43.0 Å². The molecule has 39 heavy (non-hydrogen) atoms. The van der Waals surface area contributed by atoms with E-state index < -0.39 is 47.4 Å². The Labute approximate surface area is 232 Å². The Balaban J connectivity index is 1.74. The third kappa shape index (κ3) is 6.93. The van der Waals surface area contributed by atoms with Gasteiger partial charge >= 0.3 is 11.9 Å². The number of aromatic nitrogens is 1. The molecule has 0 aromatic carbocycles. The van der Waals surface area contributed by atoms with Crippen LogP contribution in [0, 0.1) is 5.41 Å². The van der Waals surface area contributed by atoms with E-state index in [4.69, 9.17) is 19.0 Å². The van der Waals surface area contributed by atoms with Gasteiger partial charge in [-0.05, 0) is 33.3 Å². The summed E-state index contributed by atoms with van der Waals surface area (Å²) < 4.78 is 15.3. The molecule has 2 aliphatic heterocycles. The molecular weight excluding hydrogens is 554 g/mol. The minimum absolute atomic E-state index is 0.0183. The van der Waals surface area contributed by atoms with Crippen LogP contribution in [-0.2, 0) is 43.0 Å². The zero-order valence-electron chi connectivity index (χ0n) is 22.0.